The van der Waals surface area contributed by atoms with Crippen LogP contribution in [0.3, 0.4) is 0 Å². The van der Waals surface area contributed by atoms with Gasteiger partial charge in [-0.3, -0.25) is 4.79 Å². The third-order valence-electron chi connectivity index (χ3n) is 7.97. The van der Waals surface area contributed by atoms with E-state index < -0.39 is 0 Å². The SMILES string of the molecule is COCCCn1c([C@@H]2CCCN(C(=O)C[C@H](C)Cc3ccc(-c4cccc(C)c4)cc3)C2)nc2ccccc21. The van der Waals surface area contributed by atoms with Crippen LogP contribution in [0.4, 0.5) is 0 Å². The van der Waals surface area contributed by atoms with E-state index in [2.05, 4.69) is 90.0 Å². The summed E-state index contributed by atoms with van der Waals surface area (Å²) < 4.78 is 7.67. The number of rotatable bonds is 10. The van der Waals surface area contributed by atoms with E-state index in [-0.39, 0.29) is 11.8 Å². The largest absolute Gasteiger partial charge is 0.385 e. The minimum atomic E-state index is 0.266. The first-order chi connectivity index (χ1) is 19.0. The Morgan fingerprint density at radius 2 is 1.87 bits per heavy atom. The lowest BCUT2D eigenvalue weighted by atomic mass is 9.93. The molecule has 0 bridgehead atoms. The van der Waals surface area contributed by atoms with Crippen molar-refractivity contribution < 1.29 is 9.53 Å². The molecule has 204 valence electrons. The standard InChI is InChI=1S/C34H41N3O2/c1-25-9-6-10-29(22-25)28-16-14-27(15-17-28)21-26(2)23-33(38)36-18-7-11-30(24-36)34-35-31-12-4-5-13-32(31)37(34)19-8-20-39-3/h4-6,9-10,12-17,22,26,30H,7-8,11,18-21,23-24H2,1-3H3/t26-,30-/m1/s1. The highest BCUT2D eigenvalue weighted by atomic mass is 16.5. The first kappa shape index (κ1) is 27.1. The van der Waals surface area contributed by atoms with Crippen molar-refractivity contribution >= 4 is 16.9 Å². The Balaban J connectivity index is 1.21. The Morgan fingerprint density at radius 1 is 1.05 bits per heavy atom. The lowest BCUT2D eigenvalue weighted by Crippen LogP contribution is -2.40. The van der Waals surface area contributed by atoms with E-state index in [1.807, 2.05) is 6.07 Å². The summed E-state index contributed by atoms with van der Waals surface area (Å²) in [6.45, 7) is 7.53. The van der Waals surface area contributed by atoms with Crippen molar-refractivity contribution in [1.29, 1.82) is 0 Å². The quantitative estimate of drug-likeness (QED) is 0.210. The third kappa shape index (κ3) is 6.59. The van der Waals surface area contributed by atoms with Gasteiger partial charge in [-0.1, -0.05) is 73.2 Å². The first-order valence-corrected chi connectivity index (χ1v) is 14.4. The zero-order valence-electron chi connectivity index (χ0n) is 23.6. The predicted molar refractivity (Wildman–Crippen MR) is 159 cm³/mol. The van der Waals surface area contributed by atoms with Crippen LogP contribution in [0.5, 0.6) is 0 Å². The molecule has 1 saturated heterocycles. The molecule has 5 rings (SSSR count). The molecule has 0 unspecified atom stereocenters. The molecule has 5 heteroatoms. The summed E-state index contributed by atoms with van der Waals surface area (Å²) in [5.41, 5.74) is 7.25. The molecule has 0 spiro atoms. The summed E-state index contributed by atoms with van der Waals surface area (Å²) in [5, 5.41) is 0. The zero-order valence-corrected chi connectivity index (χ0v) is 23.6. The summed E-state index contributed by atoms with van der Waals surface area (Å²) in [7, 11) is 1.75. The van der Waals surface area contributed by atoms with Gasteiger partial charge in [-0.05, 0) is 67.3 Å². The molecule has 1 aromatic heterocycles. The number of carbonyl (C=O) groups excluding carboxylic acids is 1. The van der Waals surface area contributed by atoms with Crippen LogP contribution in [0.15, 0.2) is 72.8 Å². The molecule has 2 atom stereocenters. The number of hydrogen-bond donors (Lipinski definition) is 0. The minimum absolute atomic E-state index is 0.266. The van der Waals surface area contributed by atoms with Crippen LogP contribution < -0.4 is 0 Å². The number of aryl methyl sites for hydroxylation is 2. The monoisotopic (exact) mass is 523 g/mol. The van der Waals surface area contributed by atoms with Crippen molar-refractivity contribution in [3.05, 3.63) is 89.7 Å². The number of benzene rings is 3. The molecule has 1 aliphatic rings. The minimum Gasteiger partial charge on any atom is -0.385 e. The number of para-hydroxylation sites is 2. The predicted octanol–water partition coefficient (Wildman–Crippen LogP) is 7.02. The summed E-state index contributed by atoms with van der Waals surface area (Å²) in [5.74, 6) is 1.95. The fourth-order valence-corrected chi connectivity index (χ4v) is 5.98. The normalized spacial score (nSPS) is 16.5. The van der Waals surface area contributed by atoms with Crippen LogP contribution in [0.1, 0.15) is 55.5 Å². The van der Waals surface area contributed by atoms with Gasteiger partial charge in [0.25, 0.3) is 0 Å². The molecule has 0 N–H and O–H groups in total. The molecule has 3 aromatic carbocycles. The number of aromatic nitrogens is 2. The second kappa shape index (κ2) is 12.6. The molecular formula is C34H41N3O2. The average molecular weight is 524 g/mol. The van der Waals surface area contributed by atoms with E-state index in [1.54, 1.807) is 7.11 Å². The van der Waals surface area contributed by atoms with Crippen LogP contribution in [-0.4, -0.2) is 47.2 Å². The second-order valence-corrected chi connectivity index (χ2v) is 11.2. The summed E-state index contributed by atoms with van der Waals surface area (Å²) in [4.78, 5) is 20.5. The van der Waals surface area contributed by atoms with Crippen LogP contribution in [-0.2, 0) is 22.5 Å². The highest BCUT2D eigenvalue weighted by Gasteiger charge is 2.29. The molecule has 0 radical (unpaired) electrons. The lowest BCUT2D eigenvalue weighted by molar-refractivity contribution is -0.133. The maximum atomic E-state index is 13.4. The maximum Gasteiger partial charge on any atom is 0.222 e. The summed E-state index contributed by atoms with van der Waals surface area (Å²) in [6.07, 6.45) is 4.53. The number of fused-ring (bicyclic) bond motifs is 1. The number of carbonyl (C=O) groups is 1. The molecule has 39 heavy (non-hydrogen) atoms. The number of likely N-dealkylation sites (tertiary alicyclic amines) is 1. The van der Waals surface area contributed by atoms with Crippen LogP contribution in [0.25, 0.3) is 22.2 Å². The Labute approximate surface area is 232 Å². The van der Waals surface area contributed by atoms with Crippen LogP contribution in [0, 0.1) is 12.8 Å². The number of ether oxygens (including phenoxy) is 1. The van der Waals surface area contributed by atoms with Gasteiger partial charge in [0.2, 0.25) is 5.91 Å². The molecular weight excluding hydrogens is 482 g/mol. The van der Waals surface area contributed by atoms with E-state index >= 15 is 0 Å². The Kier molecular flexibility index (Phi) is 8.77. The Hall–Kier alpha value is -3.44. The second-order valence-electron chi connectivity index (χ2n) is 11.2. The van der Waals surface area contributed by atoms with Gasteiger partial charge < -0.3 is 14.2 Å². The van der Waals surface area contributed by atoms with Crippen LogP contribution >= 0.6 is 0 Å². The van der Waals surface area contributed by atoms with Crippen molar-refractivity contribution in [1.82, 2.24) is 14.5 Å². The fraction of sp³-hybridized carbons (Fsp3) is 0.412. The zero-order chi connectivity index (χ0) is 27.2. The van der Waals surface area contributed by atoms with Gasteiger partial charge in [0.15, 0.2) is 0 Å². The third-order valence-corrected chi connectivity index (χ3v) is 7.97. The number of amides is 1. The smallest absolute Gasteiger partial charge is 0.222 e. The number of nitrogens with zero attached hydrogens (tertiary/aromatic N) is 3. The number of hydrogen-bond acceptors (Lipinski definition) is 3. The van der Waals surface area contributed by atoms with Gasteiger partial charge in [-0.2, -0.15) is 0 Å². The van der Waals surface area contributed by atoms with Crippen molar-refractivity contribution in [2.45, 2.75) is 58.4 Å². The van der Waals surface area contributed by atoms with Crippen LogP contribution in [0.2, 0.25) is 0 Å². The van der Waals surface area contributed by atoms with Gasteiger partial charge >= 0.3 is 0 Å². The Morgan fingerprint density at radius 3 is 2.67 bits per heavy atom. The summed E-state index contributed by atoms with van der Waals surface area (Å²) in [6, 6.07) is 25.8. The molecule has 4 aromatic rings. The highest BCUT2D eigenvalue weighted by Crippen LogP contribution is 2.30. The lowest BCUT2D eigenvalue weighted by Gasteiger charge is -2.33. The maximum absolute atomic E-state index is 13.4. The summed E-state index contributed by atoms with van der Waals surface area (Å²) >= 11 is 0. The van der Waals surface area contributed by atoms with E-state index in [4.69, 9.17) is 9.72 Å². The number of piperidine rings is 1. The molecule has 1 amide bonds. The topological polar surface area (TPSA) is 47.4 Å². The van der Waals surface area contributed by atoms with Gasteiger partial charge in [-0.25, -0.2) is 4.98 Å². The molecule has 1 aliphatic heterocycles. The molecule has 1 fully saturated rings. The van der Waals surface area contributed by atoms with Gasteiger partial charge in [0, 0.05) is 45.7 Å². The van der Waals surface area contributed by atoms with Crippen molar-refractivity contribution in [3.63, 3.8) is 0 Å². The number of methoxy groups -OCH3 is 1. The Bertz CT molecular complexity index is 1390. The number of imidazole rings is 1. The van der Waals surface area contributed by atoms with Crippen molar-refractivity contribution in [3.8, 4) is 11.1 Å². The molecule has 5 nitrogen and oxygen atoms in total. The fourth-order valence-electron chi connectivity index (χ4n) is 5.98. The first-order valence-electron chi connectivity index (χ1n) is 14.4. The molecule has 0 aliphatic carbocycles. The van der Waals surface area contributed by atoms with Crippen molar-refractivity contribution in [2.75, 3.05) is 26.8 Å². The average Bonchev–Trinajstić information content (AvgIpc) is 3.32. The van der Waals surface area contributed by atoms with Gasteiger partial charge in [0.1, 0.15) is 5.82 Å². The molecule has 2 heterocycles. The molecule has 0 saturated carbocycles. The van der Waals surface area contributed by atoms with E-state index in [0.717, 1.165) is 63.3 Å². The van der Waals surface area contributed by atoms with Gasteiger partial charge in [-0.15, -0.1) is 0 Å². The van der Waals surface area contributed by atoms with E-state index in [0.29, 0.717) is 12.3 Å². The van der Waals surface area contributed by atoms with E-state index in [1.165, 1.54) is 27.8 Å². The van der Waals surface area contributed by atoms with Crippen molar-refractivity contribution in [2.24, 2.45) is 5.92 Å². The van der Waals surface area contributed by atoms with E-state index in [9.17, 15) is 4.79 Å². The van der Waals surface area contributed by atoms with Gasteiger partial charge in [0.05, 0.1) is 11.0 Å². The highest BCUT2D eigenvalue weighted by molar-refractivity contribution is 5.77.